The molecule has 1 radical (unpaired) electrons. The van der Waals surface area contributed by atoms with Gasteiger partial charge in [0, 0.05) is 45.6 Å². The van der Waals surface area contributed by atoms with Crippen molar-refractivity contribution in [2.45, 2.75) is 79.8 Å². The van der Waals surface area contributed by atoms with Crippen LogP contribution in [0.1, 0.15) is 75.6 Å². The van der Waals surface area contributed by atoms with Crippen molar-refractivity contribution < 1.29 is 32.7 Å². The van der Waals surface area contributed by atoms with Gasteiger partial charge < -0.3 is 14.0 Å². The molecular weight excluding hydrogens is 999 g/mol. The second-order valence-electron chi connectivity index (χ2n) is 18.6. The Morgan fingerprint density at radius 1 is 0.667 bits per heavy atom. The van der Waals surface area contributed by atoms with E-state index in [1.165, 1.54) is 45.6 Å². The summed E-state index contributed by atoms with van der Waals surface area (Å²) in [5, 5.41) is 2.96. The Balaban J connectivity index is 0.000000235. The summed E-state index contributed by atoms with van der Waals surface area (Å²) in [5.41, 5.74) is 15.9. The molecule has 0 bridgehead atoms. The number of imidazole rings is 1. The van der Waals surface area contributed by atoms with E-state index in [2.05, 4.69) is 191 Å². The van der Waals surface area contributed by atoms with Gasteiger partial charge in [-0.3, -0.25) is 4.98 Å². The molecule has 0 aliphatic carbocycles. The van der Waals surface area contributed by atoms with Crippen LogP contribution in [0, 0.1) is 32.8 Å². The molecule has 0 N–H and O–H groups in total. The molecule has 0 saturated carbocycles. The van der Waals surface area contributed by atoms with Crippen LogP contribution in [0.3, 0.4) is 0 Å². The fraction of sp³-hybridized carbons (Fsp3) is 0.200. The zero-order chi connectivity index (χ0) is 50.6. The molecule has 0 aliphatic rings. The number of aromatic nitrogens is 3. The summed E-state index contributed by atoms with van der Waals surface area (Å²) in [6.45, 7) is 13.1. The number of nitrogens with zero attached hydrogens (tertiary/aromatic N) is 3. The number of aryl methyl sites for hydroxylation is 3. The van der Waals surface area contributed by atoms with Gasteiger partial charge in [0.05, 0.1) is 30.5 Å². The minimum absolute atomic E-state index is 0. The Bertz CT molecular complexity index is 3540. The van der Waals surface area contributed by atoms with E-state index in [0.717, 1.165) is 60.7 Å². The van der Waals surface area contributed by atoms with E-state index in [-0.39, 0.29) is 25.7 Å². The van der Waals surface area contributed by atoms with Crippen LogP contribution >= 0.6 is 0 Å². The molecule has 10 aromatic rings. The van der Waals surface area contributed by atoms with Crippen LogP contribution in [0.5, 0.6) is 0 Å². The number of fused-ring (bicyclic) bond motifs is 4. The standard InChI is InChI=1S/C44H37N2O.C16H20NSi.Ir/c1-27(2)37-23-29(5)24-38(28(3)4)42(37)46-40-20-10-9-19-39(40)45-44(46)36-18-12-17-35-34-22-21-33(26-41(34)47-43(35)36)32-16-11-15-31(25-32)30-13-7-6-8-14-30;1-12-6-8-14(9-7-12)15-10-13(2)16(11-17-15)18(3,4)5;/h6-17,19-28H,1-5H3;6-8,10-11H,1-5H3;/q2*-1;/i;1D3,2D3;. The summed E-state index contributed by atoms with van der Waals surface area (Å²) in [4.78, 5) is 9.67. The molecule has 10 rings (SSSR count). The van der Waals surface area contributed by atoms with Gasteiger partial charge in [0.2, 0.25) is 0 Å². The van der Waals surface area contributed by atoms with Crippen molar-refractivity contribution in [2.75, 3.05) is 0 Å². The number of benzene rings is 7. The Labute approximate surface area is 413 Å². The zero-order valence-electron chi connectivity index (χ0n) is 44.7. The van der Waals surface area contributed by atoms with E-state index in [1.54, 1.807) is 18.3 Å². The van der Waals surface area contributed by atoms with Crippen molar-refractivity contribution in [3.63, 3.8) is 0 Å². The van der Waals surface area contributed by atoms with Gasteiger partial charge in [-0.05, 0) is 94.1 Å². The van der Waals surface area contributed by atoms with Crippen LogP contribution in [0.4, 0.5) is 0 Å². The summed E-state index contributed by atoms with van der Waals surface area (Å²) in [6, 6.07) is 55.6. The summed E-state index contributed by atoms with van der Waals surface area (Å²) in [6.07, 6.45) is 1.65. The van der Waals surface area contributed by atoms with Crippen LogP contribution in [0.25, 0.3) is 83.6 Å². The molecule has 66 heavy (non-hydrogen) atoms. The first kappa shape index (κ1) is 39.0. The molecule has 3 aromatic heterocycles. The maximum Gasteiger partial charge on any atom is 0.121 e. The topological polar surface area (TPSA) is 43.9 Å². The minimum atomic E-state index is -2.22. The van der Waals surface area contributed by atoms with Crippen LogP contribution in [-0.4, -0.2) is 22.6 Å². The second kappa shape index (κ2) is 19.0. The van der Waals surface area contributed by atoms with E-state index in [4.69, 9.17) is 17.6 Å². The molecule has 0 unspecified atom stereocenters. The first-order valence-corrected chi connectivity index (χ1v) is 25.9. The first-order valence-electron chi connectivity index (χ1n) is 25.4. The summed E-state index contributed by atoms with van der Waals surface area (Å²) in [7, 11) is -1.85. The maximum atomic E-state index is 7.81. The largest absolute Gasteiger partial charge is 0.501 e. The number of hydrogen-bond acceptors (Lipinski definition) is 3. The molecule has 0 fully saturated rings. The molecule has 6 heteroatoms. The summed E-state index contributed by atoms with van der Waals surface area (Å²) in [5.74, 6) is 1.52. The Morgan fingerprint density at radius 3 is 2.05 bits per heavy atom. The number of hydrogen-bond donors (Lipinski definition) is 0. The third-order valence-electron chi connectivity index (χ3n) is 12.1. The smallest absolute Gasteiger partial charge is 0.121 e. The van der Waals surface area contributed by atoms with Crippen molar-refractivity contribution in [3.05, 3.63) is 192 Å². The van der Waals surface area contributed by atoms with E-state index in [9.17, 15) is 0 Å². The van der Waals surface area contributed by atoms with Crippen LogP contribution in [-0.2, 0) is 20.1 Å². The molecule has 3 heterocycles. The van der Waals surface area contributed by atoms with Gasteiger partial charge >= 0.3 is 0 Å². The van der Waals surface area contributed by atoms with E-state index >= 15 is 0 Å². The number of rotatable bonds is 8. The van der Waals surface area contributed by atoms with Gasteiger partial charge in [-0.1, -0.05) is 167 Å². The van der Waals surface area contributed by atoms with Gasteiger partial charge in [0.15, 0.2) is 0 Å². The normalized spacial score (nSPS) is 13.4. The third-order valence-corrected chi connectivity index (χ3v) is 14.1. The predicted octanol–water partition coefficient (Wildman–Crippen LogP) is 16.0. The van der Waals surface area contributed by atoms with Crippen molar-refractivity contribution in [3.8, 4) is 50.6 Å². The van der Waals surface area contributed by atoms with Gasteiger partial charge in [0.25, 0.3) is 0 Å². The molecule has 0 aliphatic heterocycles. The van der Waals surface area contributed by atoms with Gasteiger partial charge in [0.1, 0.15) is 5.58 Å². The number of para-hydroxylation sites is 2. The minimum Gasteiger partial charge on any atom is -0.501 e. The summed E-state index contributed by atoms with van der Waals surface area (Å²) < 4.78 is 54.8. The van der Waals surface area contributed by atoms with Crippen LogP contribution < -0.4 is 5.19 Å². The molecule has 0 atom stereocenters. The van der Waals surface area contributed by atoms with Gasteiger partial charge in [-0.2, -0.15) is 0 Å². The van der Waals surface area contributed by atoms with E-state index in [1.807, 2.05) is 6.07 Å². The molecule has 0 spiro atoms. The van der Waals surface area contributed by atoms with Crippen LogP contribution in [0.2, 0.25) is 19.6 Å². The predicted molar refractivity (Wildman–Crippen MR) is 277 cm³/mol. The number of furan rings is 1. The molecule has 7 aromatic carbocycles. The first-order chi connectivity index (χ1) is 33.7. The Hall–Kier alpha value is -6.17. The van der Waals surface area contributed by atoms with Crippen molar-refractivity contribution in [1.82, 2.24) is 14.5 Å². The molecule has 0 saturated heterocycles. The van der Waals surface area contributed by atoms with Gasteiger partial charge in [-0.15, -0.1) is 53.6 Å². The average molecular weight is 1060 g/mol. The van der Waals surface area contributed by atoms with Crippen molar-refractivity contribution >= 4 is 46.2 Å². The van der Waals surface area contributed by atoms with Gasteiger partial charge in [-0.25, -0.2) is 0 Å². The van der Waals surface area contributed by atoms with E-state index in [0.29, 0.717) is 28.7 Å². The average Bonchev–Trinajstić information content (AvgIpc) is 3.92. The molecule has 4 nitrogen and oxygen atoms in total. The molecule has 333 valence electrons. The maximum absolute atomic E-state index is 7.81. The quantitative estimate of drug-likeness (QED) is 0.113. The number of pyridine rings is 1. The van der Waals surface area contributed by atoms with Crippen molar-refractivity contribution in [1.29, 1.82) is 0 Å². The fourth-order valence-corrected chi connectivity index (χ4v) is 10.1. The monoisotopic (exact) mass is 1060 g/mol. The molecule has 0 amide bonds. The molecular formula is C60H57IrN3OSi-2. The van der Waals surface area contributed by atoms with E-state index < -0.39 is 21.8 Å². The Morgan fingerprint density at radius 2 is 1.36 bits per heavy atom. The Kier molecular flexibility index (Phi) is 11.2. The SMILES string of the molecule is Cc1cc(C(C)C)c(-n2c(-c3[c-]ccc4c3oc3cc(-c5cccc(-c6ccccc6)c5)ccc34)nc3ccccc32)c(C(C)C)c1.[2H]C([2H])([2H])c1c[c-]c(-c2cc(C([2H])([2H])[2H])c([Si](C)(C)C)cn2)cc1.[Ir]. The zero-order valence-corrected chi connectivity index (χ0v) is 42.1. The van der Waals surface area contributed by atoms with Crippen molar-refractivity contribution in [2.24, 2.45) is 0 Å². The second-order valence-corrected chi connectivity index (χ2v) is 23.6. The third kappa shape index (κ3) is 9.15. The van der Waals surface area contributed by atoms with Crippen LogP contribution in [0.15, 0.2) is 156 Å². The fourth-order valence-electron chi connectivity index (χ4n) is 8.77. The summed E-state index contributed by atoms with van der Waals surface area (Å²) >= 11 is 0.